The lowest BCUT2D eigenvalue weighted by Gasteiger charge is -2.09. The van der Waals surface area contributed by atoms with Crippen molar-refractivity contribution in [2.75, 3.05) is 0 Å². The number of H-pyrrole nitrogens is 5. The SMILES string of the molecule is C=C1N=C(C(C)C)NO1.C=C1NN=C(C(C)C)O1.CC(C)c1c(O)c(=O)c1=O.CC(C)c1cc(=O)o[nH]1.CC(C)c1n[nH]c(=O)[nH]1.CC(C)c1nn[nH]n1.CC(C)c1noc(=O)[nH]1.Cc1ccc(C(C)C)c(F)c1O. The molecule has 0 saturated heterocycles. The number of ether oxygens (including phenoxy) is 1. The van der Waals surface area contributed by atoms with Gasteiger partial charge in [0.15, 0.2) is 29.0 Å². The number of amidine groups is 1. The fraction of sp³-hybridized carbons (Fsp3) is 0.510. The second kappa shape index (κ2) is 31.4. The third kappa shape index (κ3) is 22.6. The molecule has 2 aromatic carbocycles. The lowest BCUT2D eigenvalue weighted by Crippen LogP contribution is -2.34. The van der Waals surface area contributed by atoms with Crippen LogP contribution < -0.4 is 38.8 Å². The number of hydroxylamine groups is 1. The second-order valence-corrected chi connectivity index (χ2v) is 18.9. The van der Waals surface area contributed by atoms with Crippen molar-refractivity contribution >= 4 is 11.7 Å². The van der Waals surface area contributed by atoms with E-state index in [-0.39, 0.29) is 52.0 Å². The number of aromatic hydroxyl groups is 2. The highest BCUT2D eigenvalue weighted by Crippen LogP contribution is 2.28. The van der Waals surface area contributed by atoms with E-state index >= 15 is 0 Å². The van der Waals surface area contributed by atoms with E-state index in [2.05, 4.69) is 94.3 Å². The maximum atomic E-state index is 13.3. The van der Waals surface area contributed by atoms with Gasteiger partial charge in [0.1, 0.15) is 11.7 Å². The highest BCUT2D eigenvalue weighted by Gasteiger charge is 2.22. The Morgan fingerprint density at radius 3 is 1.59 bits per heavy atom. The van der Waals surface area contributed by atoms with E-state index in [4.69, 9.17) is 14.7 Å². The zero-order valence-electron chi connectivity index (χ0n) is 45.8. The largest absolute Gasteiger partial charge is 0.505 e. The van der Waals surface area contributed by atoms with Crippen molar-refractivity contribution in [3.8, 4) is 11.5 Å². The van der Waals surface area contributed by atoms with E-state index in [1.54, 1.807) is 32.9 Å². The number of tetrazole rings is 1. The molecule has 0 spiro atoms. The first kappa shape index (κ1) is 64.8. The van der Waals surface area contributed by atoms with Gasteiger partial charge in [0.2, 0.25) is 23.1 Å². The molecule has 2 aliphatic heterocycles. The lowest BCUT2D eigenvalue weighted by molar-refractivity contribution is 0.176. The molecule has 0 unspecified atom stereocenters. The molecule has 2 aliphatic rings. The Bertz CT molecular complexity index is 2850. The van der Waals surface area contributed by atoms with E-state index in [1.165, 1.54) is 6.07 Å². The number of aromatic nitrogens is 10. The van der Waals surface area contributed by atoms with Crippen molar-refractivity contribution in [3.05, 3.63) is 141 Å². The molecular formula is C49H75FN14O11. The molecule has 75 heavy (non-hydrogen) atoms. The van der Waals surface area contributed by atoms with Gasteiger partial charge in [-0.1, -0.05) is 133 Å². The van der Waals surface area contributed by atoms with E-state index in [0.717, 1.165) is 17.4 Å². The van der Waals surface area contributed by atoms with Crippen LogP contribution in [-0.4, -0.2) is 73.0 Å². The van der Waals surface area contributed by atoms with Gasteiger partial charge in [-0.05, 0) is 49.0 Å². The molecule has 8 rings (SSSR count). The third-order valence-corrected chi connectivity index (χ3v) is 9.66. The average Bonchev–Trinajstić information content (AvgIpc) is 4.20. The minimum absolute atomic E-state index is 0.0507. The number of benzene rings is 1. The topological polar surface area (TPSA) is 363 Å². The molecule has 0 bridgehead atoms. The van der Waals surface area contributed by atoms with Gasteiger partial charge in [-0.25, -0.2) is 39.9 Å². The van der Waals surface area contributed by atoms with Crippen LogP contribution >= 0.6 is 0 Å². The summed E-state index contributed by atoms with van der Waals surface area (Å²) in [6.45, 7) is 39.9. The molecule has 9 N–H and O–H groups in total. The second-order valence-electron chi connectivity index (χ2n) is 18.9. The fourth-order valence-electron chi connectivity index (χ4n) is 5.17. The summed E-state index contributed by atoms with van der Waals surface area (Å²) in [6, 6.07) is 4.91. The number of halogens is 1. The van der Waals surface area contributed by atoms with Gasteiger partial charge in [-0.15, -0.1) is 15.3 Å². The van der Waals surface area contributed by atoms with Gasteiger partial charge in [0, 0.05) is 35.7 Å². The molecule has 25 nitrogen and oxygen atoms in total. The summed E-state index contributed by atoms with van der Waals surface area (Å²) in [5.74, 6) is 5.01. The van der Waals surface area contributed by atoms with Crippen LogP contribution in [-0.2, 0) is 9.57 Å². The van der Waals surface area contributed by atoms with Crippen LogP contribution in [0.25, 0.3) is 0 Å². The molecule has 6 heterocycles. The summed E-state index contributed by atoms with van der Waals surface area (Å²) in [7, 11) is 0. The molecule has 414 valence electrons. The maximum Gasteiger partial charge on any atom is 0.438 e. The van der Waals surface area contributed by atoms with Crippen molar-refractivity contribution < 1.29 is 33.2 Å². The van der Waals surface area contributed by atoms with Gasteiger partial charge in [-0.3, -0.25) is 24.1 Å². The summed E-state index contributed by atoms with van der Waals surface area (Å²) in [5, 5.41) is 47.3. The van der Waals surface area contributed by atoms with Crippen LogP contribution in [0, 0.1) is 24.6 Å². The zero-order chi connectivity index (χ0) is 57.4. The van der Waals surface area contributed by atoms with Crippen LogP contribution in [0.3, 0.4) is 0 Å². The van der Waals surface area contributed by atoms with Crippen LogP contribution in [0.1, 0.15) is 186 Å². The molecule has 4 aromatic heterocycles. The Balaban J connectivity index is 0.000000430. The van der Waals surface area contributed by atoms with Crippen LogP contribution in [0.15, 0.2) is 86.2 Å². The highest BCUT2D eigenvalue weighted by molar-refractivity contribution is 5.85. The minimum Gasteiger partial charge on any atom is -0.505 e. The summed E-state index contributed by atoms with van der Waals surface area (Å²) < 4.78 is 27.0. The first-order chi connectivity index (χ1) is 34.9. The first-order valence-corrected chi connectivity index (χ1v) is 23.9. The number of rotatable bonds is 8. The molecule has 0 saturated carbocycles. The number of nitrogens with zero attached hydrogens (tertiary/aromatic N) is 7. The third-order valence-electron chi connectivity index (χ3n) is 9.66. The minimum atomic E-state index is -0.747. The van der Waals surface area contributed by atoms with Crippen molar-refractivity contribution in [2.45, 2.75) is 153 Å². The number of phenolic OH excluding ortho intramolecular Hbond substituents is 1. The average molecular weight is 1060 g/mol. The standard InChI is InChI=1S/C10H13FO.C7H8O3.2C6H10N2O.C6H9NO2.C5H9N3O.C5H8N2O2.C4H8N4/c1-6(2)8-5-4-7(3)10(12)9(8)11;1-3(2)4-5(8)7(10)6(4)9;1-4(2)6-8-7-5(3)9-6;1-4(2)6-7-5(3)9-8-6;1-4(2)5-3-6(8)9-7-5;1-3(2)4-6-5(9)8-7-4;1-3(2)4-6-5(8)9-7-4;1-3(2)4-5-7-8-6-4/h4-6,12H,1-3H3;3,8H,1-2H3;4,7H,3H2,1-2H3;4H,3H2,1-2H3,(H,7,8);3-4,7H,1-2H3;3H,1-2H3,(H2,6,7,8,9);3H,1-2H3,(H,6,7,8);3H,1-2H3,(H,5,6,7,8). The normalized spacial score (nSPS) is 12.2. The Hall–Kier alpha value is -8.19. The van der Waals surface area contributed by atoms with Crippen LogP contribution in [0.4, 0.5) is 4.39 Å². The van der Waals surface area contributed by atoms with E-state index in [0.29, 0.717) is 64.1 Å². The van der Waals surface area contributed by atoms with Crippen molar-refractivity contribution in [1.82, 2.24) is 62.0 Å². The van der Waals surface area contributed by atoms with Gasteiger partial charge >= 0.3 is 17.1 Å². The first-order valence-electron chi connectivity index (χ1n) is 23.9. The van der Waals surface area contributed by atoms with Crippen molar-refractivity contribution in [2.24, 2.45) is 21.9 Å². The number of aromatic amines is 5. The summed E-state index contributed by atoms with van der Waals surface area (Å²) in [6.07, 6.45) is 0. The number of aryl methyl sites for hydroxylation is 1. The van der Waals surface area contributed by atoms with Crippen LogP contribution in [0.5, 0.6) is 11.5 Å². The van der Waals surface area contributed by atoms with Gasteiger partial charge in [0.25, 0.3) is 5.43 Å². The number of hydrogen-bond donors (Lipinski definition) is 9. The Labute approximate surface area is 433 Å². The van der Waals surface area contributed by atoms with Crippen LogP contribution in [0.2, 0.25) is 0 Å². The number of aliphatic imine (C=N–C) groups is 1. The number of hydrazone groups is 1. The maximum absolute atomic E-state index is 13.3. The predicted octanol–water partition coefficient (Wildman–Crippen LogP) is 7.29. The Morgan fingerprint density at radius 1 is 0.693 bits per heavy atom. The molecule has 6 aromatic rings. The Morgan fingerprint density at radius 2 is 1.32 bits per heavy atom. The molecule has 0 aliphatic carbocycles. The molecular weight excluding hydrogens is 980 g/mol. The van der Waals surface area contributed by atoms with Gasteiger partial charge in [-0.2, -0.15) is 15.3 Å². The monoisotopic (exact) mass is 1050 g/mol. The highest BCUT2D eigenvalue weighted by atomic mass is 19.1. The molecule has 0 amide bonds. The van der Waals surface area contributed by atoms with E-state index < -0.39 is 22.4 Å². The van der Waals surface area contributed by atoms with Gasteiger partial charge in [0.05, 0.1) is 11.3 Å². The van der Waals surface area contributed by atoms with Crippen molar-refractivity contribution in [3.63, 3.8) is 0 Å². The molecule has 0 atom stereocenters. The fourth-order valence-corrected chi connectivity index (χ4v) is 5.17. The van der Waals surface area contributed by atoms with E-state index in [1.807, 2.05) is 96.9 Å². The summed E-state index contributed by atoms with van der Waals surface area (Å²) >= 11 is 0. The Kier molecular flexibility index (Phi) is 27.1. The summed E-state index contributed by atoms with van der Waals surface area (Å²) in [4.78, 5) is 65.9. The summed E-state index contributed by atoms with van der Waals surface area (Å²) in [5.41, 5.74) is 5.72. The molecule has 26 heteroatoms. The van der Waals surface area contributed by atoms with E-state index in [9.17, 15) is 33.5 Å². The zero-order valence-corrected chi connectivity index (χ0v) is 45.8. The van der Waals surface area contributed by atoms with Crippen molar-refractivity contribution in [1.29, 1.82) is 0 Å². The molecule has 0 radical (unpaired) electrons. The number of phenols is 1. The lowest BCUT2D eigenvalue weighted by atomic mass is 9.98. The quantitative estimate of drug-likeness (QED) is 0.0675. The van der Waals surface area contributed by atoms with Gasteiger partial charge < -0.3 is 24.3 Å². The molecule has 0 fully saturated rings. The smallest absolute Gasteiger partial charge is 0.438 e. The number of nitrogens with one attached hydrogen (secondary N) is 7. The number of hydrogen-bond acceptors (Lipinski definition) is 20. The predicted molar refractivity (Wildman–Crippen MR) is 281 cm³/mol.